The molecule has 4 atom stereocenters. The van der Waals surface area contributed by atoms with E-state index >= 15 is 0 Å². The van der Waals surface area contributed by atoms with Gasteiger partial charge in [-0.1, -0.05) is 0 Å². The maximum atomic E-state index is 12.3. The second-order valence-electron chi connectivity index (χ2n) is 7.07. The van der Waals surface area contributed by atoms with Crippen molar-refractivity contribution in [1.29, 1.82) is 0 Å². The Bertz CT molecular complexity index is 556. The highest BCUT2D eigenvalue weighted by atomic mass is 19.4. The summed E-state index contributed by atoms with van der Waals surface area (Å²) in [7, 11) is 0. The van der Waals surface area contributed by atoms with E-state index in [-0.39, 0.29) is 30.5 Å². The number of rotatable bonds is 7. The highest BCUT2D eigenvalue weighted by Crippen LogP contribution is 2.27. The van der Waals surface area contributed by atoms with Crippen LogP contribution in [0.1, 0.15) is 26.2 Å². The Balaban J connectivity index is 2.06. The zero-order valence-electron chi connectivity index (χ0n) is 15.2. The van der Waals surface area contributed by atoms with Gasteiger partial charge in [-0.15, -0.1) is 0 Å². The van der Waals surface area contributed by atoms with Crippen LogP contribution in [0.5, 0.6) is 0 Å². The molecule has 0 spiro atoms. The van der Waals surface area contributed by atoms with Crippen molar-refractivity contribution in [3.63, 3.8) is 0 Å². The predicted octanol–water partition coefficient (Wildman–Crippen LogP) is 0.939. The predicted molar refractivity (Wildman–Crippen MR) is 90.4 cm³/mol. The van der Waals surface area contributed by atoms with Gasteiger partial charge in [0.2, 0.25) is 5.91 Å². The fourth-order valence-electron chi connectivity index (χ4n) is 3.73. The average molecular weight is 393 g/mol. The van der Waals surface area contributed by atoms with Crippen LogP contribution in [0, 0.1) is 5.92 Å². The quantitative estimate of drug-likeness (QED) is 0.626. The van der Waals surface area contributed by atoms with Gasteiger partial charge in [0, 0.05) is 25.9 Å². The minimum absolute atomic E-state index is 0.0149. The molecule has 0 radical (unpaired) electrons. The van der Waals surface area contributed by atoms with Crippen molar-refractivity contribution in [1.82, 2.24) is 10.2 Å². The number of halogens is 3. The molecule has 0 bridgehead atoms. The van der Waals surface area contributed by atoms with Crippen LogP contribution in [0.25, 0.3) is 0 Å². The number of ether oxygens (including phenoxy) is 2. The van der Waals surface area contributed by atoms with Crippen LogP contribution in [0.15, 0.2) is 11.8 Å². The van der Waals surface area contributed by atoms with Gasteiger partial charge in [-0.2, -0.15) is 13.2 Å². The fourth-order valence-corrected chi connectivity index (χ4v) is 3.73. The summed E-state index contributed by atoms with van der Waals surface area (Å²) >= 11 is 0. The third-order valence-corrected chi connectivity index (χ3v) is 4.78. The van der Waals surface area contributed by atoms with Crippen molar-refractivity contribution in [2.24, 2.45) is 11.7 Å². The van der Waals surface area contributed by atoms with Gasteiger partial charge in [0.05, 0.1) is 18.7 Å². The Labute approximate surface area is 156 Å². The lowest BCUT2D eigenvalue weighted by molar-refractivity contribution is -0.177. The van der Waals surface area contributed by atoms with Gasteiger partial charge < -0.3 is 20.5 Å². The molecule has 1 heterocycles. The summed E-state index contributed by atoms with van der Waals surface area (Å²) in [5, 5.41) is 2.85. The van der Waals surface area contributed by atoms with Crippen molar-refractivity contribution >= 4 is 12.4 Å². The van der Waals surface area contributed by atoms with E-state index in [4.69, 9.17) is 15.2 Å². The summed E-state index contributed by atoms with van der Waals surface area (Å²) in [4.78, 5) is 24.3. The number of hydrogen-bond donors (Lipinski definition) is 2. The number of nitrogens with one attached hydrogen (secondary N) is 1. The standard InChI is InChI=1S/C17H26F3N3O4/c1-11(25)22-16-14(21)5-13(27-10-24)6-15(16)23-4-2-3-12(7-23)8-26-9-17(18,19)20/h6,10,12,14-16H,2-5,7-9,21H2,1H3,(H,22,25)/t12-,14+,15-,16-/m1/s1. The molecule has 0 aromatic heterocycles. The molecule has 27 heavy (non-hydrogen) atoms. The molecule has 2 rings (SSSR count). The number of alkyl halides is 3. The number of carbonyl (C=O) groups excluding carboxylic acids is 2. The molecule has 10 heteroatoms. The molecule has 0 unspecified atom stereocenters. The van der Waals surface area contributed by atoms with E-state index in [9.17, 15) is 22.8 Å². The Kier molecular flexibility index (Phi) is 7.63. The maximum Gasteiger partial charge on any atom is 0.411 e. The summed E-state index contributed by atoms with van der Waals surface area (Å²) in [5.41, 5.74) is 6.18. The van der Waals surface area contributed by atoms with Gasteiger partial charge >= 0.3 is 6.18 Å². The van der Waals surface area contributed by atoms with E-state index in [2.05, 4.69) is 10.2 Å². The topological polar surface area (TPSA) is 93.9 Å². The van der Waals surface area contributed by atoms with E-state index in [1.165, 1.54) is 6.92 Å². The molecule has 154 valence electrons. The molecular formula is C17H26F3N3O4. The summed E-state index contributed by atoms with van der Waals surface area (Å²) < 4.78 is 46.6. The second kappa shape index (κ2) is 9.52. The lowest BCUT2D eigenvalue weighted by Crippen LogP contribution is -2.61. The number of piperidine rings is 1. The largest absolute Gasteiger partial charge is 0.434 e. The maximum absolute atomic E-state index is 12.3. The van der Waals surface area contributed by atoms with Gasteiger partial charge in [0.15, 0.2) is 0 Å². The lowest BCUT2D eigenvalue weighted by Gasteiger charge is -2.44. The van der Waals surface area contributed by atoms with Gasteiger partial charge in [0.1, 0.15) is 12.4 Å². The molecule has 1 fully saturated rings. The molecule has 0 aromatic rings. The number of amides is 1. The summed E-state index contributed by atoms with van der Waals surface area (Å²) in [5.74, 6) is 0.149. The molecule has 7 nitrogen and oxygen atoms in total. The van der Waals surface area contributed by atoms with Crippen LogP contribution in [0.2, 0.25) is 0 Å². The first-order valence-corrected chi connectivity index (χ1v) is 8.92. The van der Waals surface area contributed by atoms with Crippen LogP contribution >= 0.6 is 0 Å². The zero-order valence-corrected chi connectivity index (χ0v) is 15.2. The minimum atomic E-state index is -4.34. The van der Waals surface area contributed by atoms with Crippen molar-refractivity contribution < 1.29 is 32.2 Å². The number of carbonyl (C=O) groups is 2. The molecule has 3 N–H and O–H groups in total. The SMILES string of the molecule is CC(=O)N[C@H]1[C@H](N2CCC[C@@H](COCC(F)(F)F)C2)C=C(OC=O)C[C@@H]1N. The highest BCUT2D eigenvalue weighted by molar-refractivity contribution is 5.73. The molecule has 1 saturated heterocycles. The van der Waals surface area contributed by atoms with Crippen LogP contribution in [0.3, 0.4) is 0 Å². The summed E-state index contributed by atoms with van der Waals surface area (Å²) in [6.45, 7) is 1.70. The smallest absolute Gasteiger partial charge is 0.411 e. The van der Waals surface area contributed by atoms with Crippen LogP contribution in [0.4, 0.5) is 13.2 Å². The van der Waals surface area contributed by atoms with Gasteiger partial charge in [-0.3, -0.25) is 14.5 Å². The van der Waals surface area contributed by atoms with Gasteiger partial charge in [-0.25, -0.2) is 0 Å². The molecule has 1 aliphatic heterocycles. The number of nitrogens with two attached hydrogens (primary N) is 1. The van der Waals surface area contributed by atoms with E-state index in [1.807, 2.05) is 0 Å². The third-order valence-electron chi connectivity index (χ3n) is 4.78. The normalized spacial score (nSPS) is 29.7. The van der Waals surface area contributed by atoms with Crippen LogP contribution in [-0.4, -0.2) is 67.9 Å². The number of hydrogen-bond acceptors (Lipinski definition) is 6. The van der Waals surface area contributed by atoms with Gasteiger partial charge in [-0.05, 0) is 31.4 Å². The second-order valence-corrected chi connectivity index (χ2v) is 7.07. The Morgan fingerprint density at radius 3 is 2.85 bits per heavy atom. The van der Waals surface area contributed by atoms with Crippen molar-refractivity contribution in [3.05, 3.63) is 11.8 Å². The van der Waals surface area contributed by atoms with E-state index in [0.717, 1.165) is 12.8 Å². The average Bonchev–Trinajstić information content (AvgIpc) is 2.56. The van der Waals surface area contributed by atoms with E-state index in [1.54, 1.807) is 6.08 Å². The summed E-state index contributed by atoms with van der Waals surface area (Å²) in [6, 6.07) is -1.13. The Hall–Kier alpha value is -1.65. The van der Waals surface area contributed by atoms with Crippen LogP contribution < -0.4 is 11.1 Å². The molecule has 1 amide bonds. The van der Waals surface area contributed by atoms with Gasteiger partial charge in [0.25, 0.3) is 6.47 Å². The third kappa shape index (κ3) is 6.78. The Morgan fingerprint density at radius 1 is 1.48 bits per heavy atom. The number of nitrogens with zero attached hydrogens (tertiary/aromatic N) is 1. The minimum Gasteiger partial charge on any atom is -0.434 e. The van der Waals surface area contributed by atoms with E-state index in [0.29, 0.717) is 31.7 Å². The lowest BCUT2D eigenvalue weighted by atomic mass is 9.87. The van der Waals surface area contributed by atoms with Crippen LogP contribution in [-0.2, 0) is 19.1 Å². The van der Waals surface area contributed by atoms with Crippen molar-refractivity contribution in [2.75, 3.05) is 26.3 Å². The summed E-state index contributed by atoms with van der Waals surface area (Å²) in [6.07, 6.45) is -0.718. The first kappa shape index (κ1) is 21.6. The zero-order chi connectivity index (χ0) is 20.0. The number of likely N-dealkylation sites (tertiary alicyclic amines) is 1. The Morgan fingerprint density at radius 2 is 2.22 bits per heavy atom. The van der Waals surface area contributed by atoms with E-state index < -0.39 is 18.8 Å². The molecule has 0 aromatic carbocycles. The fraction of sp³-hybridized carbons (Fsp3) is 0.765. The molecular weight excluding hydrogens is 367 g/mol. The van der Waals surface area contributed by atoms with Crippen molar-refractivity contribution in [2.45, 2.75) is 50.5 Å². The molecule has 1 aliphatic carbocycles. The highest BCUT2D eigenvalue weighted by Gasteiger charge is 2.38. The molecule has 0 saturated carbocycles. The van der Waals surface area contributed by atoms with Crippen molar-refractivity contribution in [3.8, 4) is 0 Å². The molecule has 2 aliphatic rings. The first-order valence-electron chi connectivity index (χ1n) is 8.92. The monoisotopic (exact) mass is 393 g/mol. The first-order chi connectivity index (χ1) is 12.7.